The van der Waals surface area contributed by atoms with Gasteiger partial charge in [0.1, 0.15) is 0 Å². The van der Waals surface area contributed by atoms with Crippen LogP contribution in [-0.2, 0) is 6.42 Å². The molecule has 1 unspecified atom stereocenters. The molecule has 1 atom stereocenters. The van der Waals surface area contributed by atoms with E-state index in [4.69, 9.17) is 0 Å². The summed E-state index contributed by atoms with van der Waals surface area (Å²) in [6.45, 7) is 4.22. The standard InChI is InChI=1S/C28H34F2/c1-3-4-5-8-22-13-15-23(16-14-22)9-6-7-10-25-19-20-26(28(30)27(25)29)24-17-11-21(2)12-18-24/h6,9,11-13,17-20,23H,3-5,7-8,10,14-16H2,1-2H3/b9-6+. The molecule has 0 N–H and O–H groups in total. The van der Waals surface area contributed by atoms with Crippen molar-refractivity contribution < 1.29 is 8.78 Å². The maximum absolute atomic E-state index is 14.6. The van der Waals surface area contributed by atoms with Crippen molar-refractivity contribution in [2.24, 2.45) is 5.92 Å². The van der Waals surface area contributed by atoms with Crippen LogP contribution in [0.2, 0.25) is 0 Å². The fraction of sp³-hybridized carbons (Fsp3) is 0.429. The van der Waals surface area contributed by atoms with Gasteiger partial charge >= 0.3 is 0 Å². The van der Waals surface area contributed by atoms with E-state index in [0.717, 1.165) is 18.4 Å². The Morgan fingerprint density at radius 1 is 0.967 bits per heavy atom. The first-order chi connectivity index (χ1) is 14.6. The normalized spacial score (nSPS) is 16.8. The Labute approximate surface area is 180 Å². The maximum atomic E-state index is 14.6. The van der Waals surface area contributed by atoms with Gasteiger partial charge in [-0.2, -0.15) is 0 Å². The quantitative estimate of drug-likeness (QED) is 0.287. The lowest BCUT2D eigenvalue weighted by atomic mass is 9.87. The first kappa shape index (κ1) is 22.5. The lowest BCUT2D eigenvalue weighted by molar-refractivity contribution is 0.501. The minimum absolute atomic E-state index is 0.329. The zero-order valence-corrected chi connectivity index (χ0v) is 18.4. The molecule has 0 bridgehead atoms. The molecule has 2 aromatic carbocycles. The van der Waals surface area contributed by atoms with Crippen LogP contribution in [0.1, 0.15) is 69.4 Å². The van der Waals surface area contributed by atoms with Crippen LogP contribution in [0.5, 0.6) is 0 Å². The summed E-state index contributed by atoms with van der Waals surface area (Å²) in [5.41, 5.74) is 4.22. The van der Waals surface area contributed by atoms with Crippen molar-refractivity contribution in [1.82, 2.24) is 0 Å². The van der Waals surface area contributed by atoms with E-state index in [-0.39, 0.29) is 0 Å². The molecular weight excluding hydrogens is 374 g/mol. The molecule has 2 aromatic rings. The summed E-state index contributed by atoms with van der Waals surface area (Å²) in [6.07, 6.45) is 16.8. The topological polar surface area (TPSA) is 0 Å². The Morgan fingerprint density at radius 2 is 1.77 bits per heavy atom. The second kappa shape index (κ2) is 11.2. The number of rotatable bonds is 9. The van der Waals surface area contributed by atoms with Gasteiger partial charge < -0.3 is 0 Å². The van der Waals surface area contributed by atoms with Crippen molar-refractivity contribution >= 4 is 0 Å². The molecule has 0 nitrogen and oxygen atoms in total. The minimum Gasteiger partial charge on any atom is -0.203 e. The van der Waals surface area contributed by atoms with Gasteiger partial charge in [0.15, 0.2) is 11.6 Å². The molecule has 3 rings (SSSR count). The van der Waals surface area contributed by atoms with Gasteiger partial charge in [-0.25, -0.2) is 8.78 Å². The van der Waals surface area contributed by atoms with Crippen molar-refractivity contribution in [1.29, 1.82) is 0 Å². The molecule has 0 heterocycles. The van der Waals surface area contributed by atoms with Gasteiger partial charge in [-0.15, -0.1) is 0 Å². The van der Waals surface area contributed by atoms with Crippen molar-refractivity contribution in [3.05, 3.63) is 83.0 Å². The number of allylic oxidation sites excluding steroid dienone is 4. The van der Waals surface area contributed by atoms with Gasteiger partial charge in [0.05, 0.1) is 0 Å². The lowest BCUT2D eigenvalue weighted by Gasteiger charge is -2.19. The Hall–Kier alpha value is -2.22. The highest BCUT2D eigenvalue weighted by Gasteiger charge is 2.15. The first-order valence-corrected chi connectivity index (χ1v) is 11.5. The molecular formula is C28H34F2. The Morgan fingerprint density at radius 3 is 2.47 bits per heavy atom. The van der Waals surface area contributed by atoms with Gasteiger partial charge in [-0.3, -0.25) is 0 Å². The van der Waals surface area contributed by atoms with Crippen molar-refractivity contribution in [3.63, 3.8) is 0 Å². The summed E-state index contributed by atoms with van der Waals surface area (Å²) in [5.74, 6) is -0.863. The van der Waals surface area contributed by atoms with E-state index < -0.39 is 11.6 Å². The third-order valence-corrected chi connectivity index (χ3v) is 6.16. The van der Waals surface area contributed by atoms with Crippen LogP contribution in [0.3, 0.4) is 0 Å². The van der Waals surface area contributed by atoms with Crippen LogP contribution in [0, 0.1) is 24.5 Å². The summed E-state index contributed by atoms with van der Waals surface area (Å²) < 4.78 is 29.2. The highest BCUT2D eigenvalue weighted by atomic mass is 19.2. The Balaban J connectivity index is 1.52. The monoisotopic (exact) mass is 408 g/mol. The van der Waals surface area contributed by atoms with E-state index in [2.05, 4.69) is 25.2 Å². The van der Waals surface area contributed by atoms with E-state index in [1.54, 1.807) is 17.7 Å². The van der Waals surface area contributed by atoms with Crippen molar-refractivity contribution in [3.8, 4) is 11.1 Å². The van der Waals surface area contributed by atoms with E-state index >= 15 is 0 Å². The minimum atomic E-state index is -0.742. The SMILES string of the molecule is CCCCCC1=CCC(/C=C/CCc2ccc(-c3ccc(C)cc3)c(F)c2F)CC1. The number of hydrogen-bond acceptors (Lipinski definition) is 0. The molecule has 160 valence electrons. The summed E-state index contributed by atoms with van der Waals surface area (Å²) in [5, 5.41) is 0. The molecule has 0 saturated carbocycles. The Kier molecular flexibility index (Phi) is 8.42. The van der Waals surface area contributed by atoms with Gasteiger partial charge in [-0.1, -0.05) is 85.5 Å². The Bertz CT molecular complexity index is 874. The highest BCUT2D eigenvalue weighted by molar-refractivity contribution is 5.65. The average Bonchev–Trinajstić information content (AvgIpc) is 2.76. The van der Waals surface area contributed by atoms with Crippen LogP contribution in [-0.4, -0.2) is 0 Å². The summed E-state index contributed by atoms with van der Waals surface area (Å²) in [6, 6.07) is 10.9. The molecule has 0 aliphatic heterocycles. The zero-order valence-electron chi connectivity index (χ0n) is 18.4. The summed E-state index contributed by atoms with van der Waals surface area (Å²) in [4.78, 5) is 0. The largest absolute Gasteiger partial charge is 0.203 e. The molecule has 0 amide bonds. The number of unbranched alkanes of at least 4 members (excludes halogenated alkanes) is 2. The van der Waals surface area contributed by atoms with E-state index in [9.17, 15) is 8.78 Å². The van der Waals surface area contributed by atoms with E-state index in [1.165, 1.54) is 38.5 Å². The molecule has 0 spiro atoms. The second-order valence-corrected chi connectivity index (χ2v) is 8.59. The van der Waals surface area contributed by atoms with Gasteiger partial charge in [0.25, 0.3) is 0 Å². The van der Waals surface area contributed by atoms with E-state index in [1.807, 2.05) is 31.2 Å². The fourth-order valence-corrected chi connectivity index (χ4v) is 4.18. The smallest absolute Gasteiger partial charge is 0.166 e. The van der Waals surface area contributed by atoms with Gasteiger partial charge in [0.2, 0.25) is 0 Å². The zero-order chi connectivity index (χ0) is 21.3. The second-order valence-electron chi connectivity index (χ2n) is 8.59. The summed E-state index contributed by atoms with van der Waals surface area (Å²) in [7, 11) is 0. The molecule has 1 aliphatic rings. The molecule has 0 fully saturated rings. The molecule has 1 aliphatic carbocycles. The predicted octanol–water partition coefficient (Wildman–Crippen LogP) is 8.74. The van der Waals surface area contributed by atoms with Crippen LogP contribution >= 0.6 is 0 Å². The molecule has 0 saturated heterocycles. The van der Waals surface area contributed by atoms with Crippen LogP contribution in [0.15, 0.2) is 60.2 Å². The molecule has 0 aromatic heterocycles. The van der Waals surface area contributed by atoms with Gasteiger partial charge in [-0.05, 0) is 68.9 Å². The average molecular weight is 409 g/mol. The number of hydrogen-bond donors (Lipinski definition) is 0. The van der Waals surface area contributed by atoms with Crippen LogP contribution in [0.4, 0.5) is 8.78 Å². The van der Waals surface area contributed by atoms with Crippen molar-refractivity contribution in [2.75, 3.05) is 0 Å². The summed E-state index contributed by atoms with van der Waals surface area (Å²) >= 11 is 0. The number of aryl methyl sites for hydroxylation is 2. The fourth-order valence-electron chi connectivity index (χ4n) is 4.18. The molecule has 30 heavy (non-hydrogen) atoms. The third kappa shape index (κ3) is 6.14. The maximum Gasteiger partial charge on any atom is 0.166 e. The molecule has 0 radical (unpaired) electrons. The van der Waals surface area contributed by atoms with Crippen molar-refractivity contribution in [2.45, 2.75) is 71.6 Å². The highest BCUT2D eigenvalue weighted by Crippen LogP contribution is 2.29. The predicted molar refractivity (Wildman–Crippen MR) is 124 cm³/mol. The number of halogens is 2. The number of benzene rings is 2. The van der Waals surface area contributed by atoms with E-state index in [0.29, 0.717) is 29.0 Å². The first-order valence-electron chi connectivity index (χ1n) is 11.5. The van der Waals surface area contributed by atoms with Crippen LogP contribution < -0.4 is 0 Å². The van der Waals surface area contributed by atoms with Gasteiger partial charge in [0, 0.05) is 5.56 Å². The lowest BCUT2D eigenvalue weighted by Crippen LogP contribution is -2.03. The van der Waals surface area contributed by atoms with Crippen LogP contribution in [0.25, 0.3) is 11.1 Å². The molecule has 2 heteroatoms. The third-order valence-electron chi connectivity index (χ3n) is 6.16.